The molecule has 2 N–H and O–H groups in total. The molecular weight excluding hydrogens is 412 g/mol. The van der Waals surface area contributed by atoms with Gasteiger partial charge < -0.3 is 24.7 Å². The average Bonchev–Trinajstić information content (AvgIpc) is 3.38. The van der Waals surface area contributed by atoms with Gasteiger partial charge in [0.05, 0.1) is 30.6 Å². The van der Waals surface area contributed by atoms with Crippen LogP contribution in [0.5, 0.6) is 0 Å². The summed E-state index contributed by atoms with van der Waals surface area (Å²) in [7, 11) is 0. The summed E-state index contributed by atoms with van der Waals surface area (Å²) in [6, 6.07) is -1.48. The van der Waals surface area contributed by atoms with Gasteiger partial charge in [-0.05, 0) is 31.6 Å². The molecule has 0 aromatic carbocycles. The van der Waals surface area contributed by atoms with E-state index in [-0.39, 0.29) is 24.3 Å². The number of unbranched alkanes of at least 4 members (excludes halogenated alkanes) is 2. The number of rotatable bonds is 12. The Labute approximate surface area is 190 Å². The Balaban J connectivity index is 2.03. The first-order chi connectivity index (χ1) is 15.2. The maximum absolute atomic E-state index is 14.0. The van der Waals surface area contributed by atoms with Crippen molar-refractivity contribution in [3.05, 3.63) is 12.7 Å². The van der Waals surface area contributed by atoms with Crippen LogP contribution in [-0.4, -0.2) is 81.3 Å². The van der Waals surface area contributed by atoms with Crippen molar-refractivity contribution in [3.63, 3.8) is 0 Å². The second-order valence-corrected chi connectivity index (χ2v) is 9.89. The first kappa shape index (κ1) is 24.7. The number of carbonyl (C=O) groups excluding carboxylic acids is 2. The highest BCUT2D eigenvalue weighted by molar-refractivity contribution is 5.98. The molecule has 0 aromatic rings. The maximum Gasteiger partial charge on any atom is 0.310 e. The van der Waals surface area contributed by atoms with Gasteiger partial charge >= 0.3 is 5.97 Å². The summed E-state index contributed by atoms with van der Waals surface area (Å²) in [4.78, 5) is 42.9. The van der Waals surface area contributed by atoms with Gasteiger partial charge in [0.15, 0.2) is 0 Å². The number of fused-ring (bicyclic) bond motifs is 1. The second-order valence-electron chi connectivity index (χ2n) is 9.89. The quantitative estimate of drug-likeness (QED) is 0.348. The number of hydrogen-bond acceptors (Lipinski definition) is 5. The fourth-order valence-corrected chi connectivity index (χ4v) is 6.04. The van der Waals surface area contributed by atoms with Crippen LogP contribution in [0.25, 0.3) is 0 Å². The van der Waals surface area contributed by atoms with Crippen molar-refractivity contribution in [2.45, 2.75) is 83.1 Å². The van der Waals surface area contributed by atoms with Crippen LogP contribution in [0.4, 0.5) is 0 Å². The molecule has 0 aliphatic carbocycles. The van der Waals surface area contributed by atoms with Gasteiger partial charge in [0.1, 0.15) is 11.6 Å². The van der Waals surface area contributed by atoms with Crippen LogP contribution in [0.1, 0.15) is 59.3 Å². The summed E-state index contributed by atoms with van der Waals surface area (Å²) < 4.78 is 6.25. The molecule has 3 rings (SSSR count). The van der Waals surface area contributed by atoms with E-state index in [1.54, 1.807) is 11.0 Å². The minimum atomic E-state index is -1.14. The number of aliphatic carboxylic acids is 1. The molecule has 0 radical (unpaired) electrons. The lowest BCUT2D eigenvalue weighted by Crippen LogP contribution is -2.59. The van der Waals surface area contributed by atoms with Gasteiger partial charge in [-0.1, -0.05) is 39.7 Å². The van der Waals surface area contributed by atoms with E-state index in [1.807, 2.05) is 13.8 Å². The van der Waals surface area contributed by atoms with Crippen molar-refractivity contribution >= 4 is 17.8 Å². The number of hydrogen-bond donors (Lipinski definition) is 2. The number of aliphatic hydroxyl groups excluding tert-OH is 1. The van der Waals surface area contributed by atoms with E-state index in [9.17, 15) is 24.6 Å². The van der Waals surface area contributed by atoms with Crippen LogP contribution in [0.15, 0.2) is 12.7 Å². The Kier molecular flexibility index (Phi) is 7.65. The van der Waals surface area contributed by atoms with Gasteiger partial charge in [0.2, 0.25) is 11.8 Å². The molecule has 1 spiro atoms. The van der Waals surface area contributed by atoms with Gasteiger partial charge in [-0.25, -0.2) is 0 Å². The summed E-state index contributed by atoms with van der Waals surface area (Å²) in [6.07, 6.45) is 5.47. The molecule has 2 bridgehead atoms. The summed E-state index contributed by atoms with van der Waals surface area (Å²) in [5, 5.41) is 20.1. The van der Waals surface area contributed by atoms with Gasteiger partial charge in [-0.15, -0.1) is 6.58 Å². The van der Waals surface area contributed by atoms with E-state index >= 15 is 0 Å². The van der Waals surface area contributed by atoms with E-state index in [1.165, 1.54) is 4.90 Å². The van der Waals surface area contributed by atoms with Crippen molar-refractivity contribution in [2.24, 2.45) is 17.8 Å². The third-order valence-corrected chi connectivity index (χ3v) is 7.30. The molecule has 3 aliphatic rings. The molecule has 3 fully saturated rings. The average molecular weight is 451 g/mol. The van der Waals surface area contributed by atoms with Gasteiger partial charge in [0, 0.05) is 13.1 Å². The van der Waals surface area contributed by atoms with E-state index in [4.69, 9.17) is 4.74 Å². The molecule has 8 heteroatoms. The molecule has 180 valence electrons. The van der Waals surface area contributed by atoms with Crippen molar-refractivity contribution in [1.82, 2.24) is 9.80 Å². The fraction of sp³-hybridized carbons (Fsp3) is 0.792. The molecule has 3 saturated heterocycles. The standard InChI is InChI=1S/C24H38N2O6/c1-5-7-8-12-25(11-6-2)22(29)20-24-10-9-17(32-24)18(23(30)31)19(24)21(28)26(20)16(14-27)13-15(3)4/h6,15-20,27H,2,5,7-14H2,1,3-4H3,(H,30,31)/t16-,17-,18+,19+,20?,24?/m1/s1. The van der Waals surface area contributed by atoms with Crippen LogP contribution in [0, 0.1) is 17.8 Å². The zero-order valence-corrected chi connectivity index (χ0v) is 19.5. The highest BCUT2D eigenvalue weighted by Gasteiger charge is 2.75. The Morgan fingerprint density at radius 3 is 2.66 bits per heavy atom. The maximum atomic E-state index is 14.0. The van der Waals surface area contributed by atoms with Crippen molar-refractivity contribution < 1.29 is 29.3 Å². The predicted octanol–water partition coefficient (Wildman–Crippen LogP) is 2.06. The SMILES string of the molecule is C=CCN(CCCCC)C(=O)C1N([C@@H](CO)CC(C)C)C(=O)[C@@H]2[C@@H](C(=O)O)[C@H]3CCC12O3. The number of amides is 2. The van der Waals surface area contributed by atoms with Gasteiger partial charge in [-0.2, -0.15) is 0 Å². The lowest BCUT2D eigenvalue weighted by atomic mass is 9.70. The summed E-state index contributed by atoms with van der Waals surface area (Å²) in [5.41, 5.74) is -1.14. The zero-order chi connectivity index (χ0) is 23.6. The summed E-state index contributed by atoms with van der Waals surface area (Å²) >= 11 is 0. The third kappa shape index (κ3) is 4.07. The normalized spacial score (nSPS) is 31.8. The van der Waals surface area contributed by atoms with E-state index in [0.29, 0.717) is 32.4 Å². The van der Waals surface area contributed by atoms with Gasteiger partial charge in [-0.3, -0.25) is 14.4 Å². The van der Waals surface area contributed by atoms with Crippen molar-refractivity contribution in [3.8, 4) is 0 Å². The van der Waals surface area contributed by atoms with Gasteiger partial charge in [0.25, 0.3) is 0 Å². The lowest BCUT2D eigenvalue weighted by molar-refractivity contribution is -0.153. The van der Waals surface area contributed by atoms with Crippen LogP contribution in [0.2, 0.25) is 0 Å². The number of likely N-dealkylation sites (tertiary alicyclic amines) is 1. The van der Waals surface area contributed by atoms with E-state index in [0.717, 1.165) is 19.3 Å². The minimum absolute atomic E-state index is 0.190. The Morgan fingerprint density at radius 2 is 2.09 bits per heavy atom. The molecule has 2 unspecified atom stereocenters. The number of carbonyl (C=O) groups is 3. The number of aliphatic hydroxyl groups is 1. The first-order valence-corrected chi connectivity index (χ1v) is 12.0. The van der Waals surface area contributed by atoms with Crippen LogP contribution in [-0.2, 0) is 19.1 Å². The van der Waals surface area contributed by atoms with Crippen LogP contribution < -0.4 is 0 Å². The smallest absolute Gasteiger partial charge is 0.310 e. The Hall–Kier alpha value is -1.93. The Bertz CT molecular complexity index is 740. The molecule has 32 heavy (non-hydrogen) atoms. The minimum Gasteiger partial charge on any atom is -0.481 e. The summed E-state index contributed by atoms with van der Waals surface area (Å²) in [6.45, 7) is 10.5. The molecule has 8 nitrogen and oxygen atoms in total. The second kappa shape index (κ2) is 9.91. The number of carboxylic acid groups (broad SMARTS) is 1. The number of ether oxygens (including phenoxy) is 1. The third-order valence-electron chi connectivity index (χ3n) is 7.30. The highest BCUT2D eigenvalue weighted by atomic mass is 16.5. The Morgan fingerprint density at radius 1 is 1.38 bits per heavy atom. The monoisotopic (exact) mass is 450 g/mol. The van der Waals surface area contributed by atoms with E-state index in [2.05, 4.69) is 13.5 Å². The molecule has 0 aromatic heterocycles. The molecule has 2 amide bonds. The number of carboxylic acids is 1. The van der Waals surface area contributed by atoms with Crippen LogP contribution >= 0.6 is 0 Å². The molecular formula is C24H38N2O6. The molecule has 3 heterocycles. The van der Waals surface area contributed by atoms with Crippen molar-refractivity contribution in [2.75, 3.05) is 19.7 Å². The zero-order valence-electron chi connectivity index (χ0n) is 19.5. The molecule has 0 saturated carbocycles. The topological polar surface area (TPSA) is 107 Å². The fourth-order valence-electron chi connectivity index (χ4n) is 6.04. The molecule has 3 aliphatic heterocycles. The summed E-state index contributed by atoms with van der Waals surface area (Å²) in [5.74, 6) is -3.32. The number of nitrogens with zero attached hydrogens (tertiary/aromatic N) is 2. The predicted molar refractivity (Wildman–Crippen MR) is 119 cm³/mol. The largest absolute Gasteiger partial charge is 0.481 e. The first-order valence-electron chi connectivity index (χ1n) is 12.0. The lowest BCUT2D eigenvalue weighted by Gasteiger charge is -2.39. The van der Waals surface area contributed by atoms with Crippen LogP contribution in [0.3, 0.4) is 0 Å². The van der Waals surface area contributed by atoms with Crippen molar-refractivity contribution in [1.29, 1.82) is 0 Å². The highest BCUT2D eigenvalue weighted by Crippen LogP contribution is 2.59. The van der Waals surface area contributed by atoms with E-state index < -0.39 is 41.6 Å². The molecule has 6 atom stereocenters.